The molecule has 1 fully saturated rings. The highest BCUT2D eigenvalue weighted by Gasteiger charge is 2.29. The van der Waals surface area contributed by atoms with E-state index in [0.717, 1.165) is 0 Å². The molecule has 2 amide bonds. The van der Waals surface area contributed by atoms with Gasteiger partial charge in [-0.15, -0.1) is 0 Å². The van der Waals surface area contributed by atoms with Crippen molar-refractivity contribution in [2.24, 2.45) is 0 Å². The van der Waals surface area contributed by atoms with Gasteiger partial charge in [-0.2, -0.15) is 18.4 Å². The molecule has 0 unspecified atom stereocenters. The molecule has 1 aromatic rings. The predicted octanol–water partition coefficient (Wildman–Crippen LogP) is 1.35. The first-order valence-electron chi connectivity index (χ1n) is 6.60. The van der Waals surface area contributed by atoms with Gasteiger partial charge in [0.15, 0.2) is 0 Å². The fourth-order valence-corrected chi connectivity index (χ4v) is 2.09. The van der Waals surface area contributed by atoms with Crippen LogP contribution in [0.25, 0.3) is 0 Å². The van der Waals surface area contributed by atoms with Crippen molar-refractivity contribution >= 4 is 11.8 Å². The van der Waals surface area contributed by atoms with Crippen LogP contribution in [0.3, 0.4) is 0 Å². The molecule has 1 aromatic heterocycles. The molecule has 2 rings (SSSR count). The second-order valence-corrected chi connectivity index (χ2v) is 4.76. The maximum absolute atomic E-state index is 12.1. The molecule has 0 saturated carbocycles. The Hall–Kier alpha value is -2.50. The van der Waals surface area contributed by atoms with Crippen LogP contribution in [-0.2, 0) is 0 Å². The minimum atomic E-state index is -4.42. The lowest BCUT2D eigenvalue weighted by Gasteiger charge is -2.35. The first-order valence-corrected chi connectivity index (χ1v) is 6.60. The summed E-state index contributed by atoms with van der Waals surface area (Å²) in [7, 11) is 0. The Morgan fingerprint density at radius 3 is 2.64 bits per heavy atom. The maximum Gasteiger partial charge on any atom is 0.405 e. The number of anilines is 1. The van der Waals surface area contributed by atoms with E-state index in [1.54, 1.807) is 12.1 Å². The SMILES string of the molecule is N#Cc1ccnc(N2CCN(C(=O)NCC(F)(F)F)CC2)c1. The average molecular weight is 313 g/mol. The van der Waals surface area contributed by atoms with Crippen LogP contribution < -0.4 is 10.2 Å². The van der Waals surface area contributed by atoms with Gasteiger partial charge in [-0.05, 0) is 12.1 Å². The number of nitrogens with zero attached hydrogens (tertiary/aromatic N) is 4. The van der Waals surface area contributed by atoms with Crippen LogP contribution in [0.2, 0.25) is 0 Å². The molecule has 0 aromatic carbocycles. The summed E-state index contributed by atoms with van der Waals surface area (Å²) in [6, 6.07) is 4.52. The normalized spacial score (nSPS) is 15.4. The van der Waals surface area contributed by atoms with Gasteiger partial charge in [-0.3, -0.25) is 0 Å². The molecule has 1 aliphatic rings. The Bertz CT molecular complexity index is 576. The van der Waals surface area contributed by atoms with E-state index in [9.17, 15) is 18.0 Å². The third-order valence-corrected chi connectivity index (χ3v) is 3.21. The van der Waals surface area contributed by atoms with Crippen LogP contribution in [0.15, 0.2) is 18.3 Å². The summed E-state index contributed by atoms with van der Waals surface area (Å²) in [6.45, 7) is 0.144. The van der Waals surface area contributed by atoms with Crippen molar-refractivity contribution in [2.45, 2.75) is 6.18 Å². The van der Waals surface area contributed by atoms with E-state index in [0.29, 0.717) is 37.6 Å². The second-order valence-electron chi connectivity index (χ2n) is 4.76. The van der Waals surface area contributed by atoms with Crippen LogP contribution in [0.1, 0.15) is 5.56 Å². The van der Waals surface area contributed by atoms with Crippen molar-refractivity contribution in [1.29, 1.82) is 5.26 Å². The summed E-state index contributed by atoms with van der Waals surface area (Å²) in [4.78, 5) is 19.0. The molecule has 0 atom stereocenters. The number of carbonyl (C=O) groups excluding carboxylic acids is 1. The number of pyridine rings is 1. The molecule has 1 saturated heterocycles. The summed E-state index contributed by atoms with van der Waals surface area (Å²) >= 11 is 0. The molecule has 2 heterocycles. The molecule has 118 valence electrons. The zero-order chi connectivity index (χ0) is 16.2. The standard InChI is InChI=1S/C13H14F3N5O/c14-13(15,16)9-19-12(22)21-5-3-20(4-6-21)11-7-10(8-17)1-2-18-11/h1-2,7H,3-6,9H2,(H,19,22). The number of urea groups is 1. The number of amides is 2. The average Bonchev–Trinajstić information content (AvgIpc) is 2.52. The highest BCUT2D eigenvalue weighted by Crippen LogP contribution is 2.15. The van der Waals surface area contributed by atoms with Crippen molar-refractivity contribution in [1.82, 2.24) is 15.2 Å². The number of halogens is 3. The number of nitrogens with one attached hydrogen (secondary N) is 1. The second kappa shape index (κ2) is 6.51. The van der Waals surface area contributed by atoms with Crippen LogP contribution in [0.4, 0.5) is 23.8 Å². The molecule has 9 heteroatoms. The third-order valence-electron chi connectivity index (χ3n) is 3.21. The van der Waals surface area contributed by atoms with E-state index in [1.807, 2.05) is 16.3 Å². The number of rotatable bonds is 2. The first-order chi connectivity index (χ1) is 10.4. The van der Waals surface area contributed by atoms with Gasteiger partial charge in [0.25, 0.3) is 0 Å². The molecule has 6 nitrogen and oxygen atoms in total. The lowest BCUT2D eigenvalue weighted by atomic mass is 10.2. The molecule has 0 bridgehead atoms. The van der Waals surface area contributed by atoms with Crippen molar-refractivity contribution < 1.29 is 18.0 Å². The van der Waals surface area contributed by atoms with Gasteiger partial charge >= 0.3 is 12.2 Å². The lowest BCUT2D eigenvalue weighted by molar-refractivity contribution is -0.123. The molecule has 0 radical (unpaired) electrons. The van der Waals surface area contributed by atoms with Gasteiger partial charge in [-0.1, -0.05) is 0 Å². The molecular formula is C13H14F3N5O. The first kappa shape index (κ1) is 15.9. The predicted molar refractivity (Wildman–Crippen MR) is 72.2 cm³/mol. The van der Waals surface area contributed by atoms with Gasteiger partial charge in [0.05, 0.1) is 11.6 Å². The van der Waals surface area contributed by atoms with E-state index in [-0.39, 0.29) is 0 Å². The van der Waals surface area contributed by atoms with Crippen LogP contribution >= 0.6 is 0 Å². The number of aromatic nitrogens is 1. The number of piperazine rings is 1. The number of hydrogen-bond acceptors (Lipinski definition) is 4. The van der Waals surface area contributed by atoms with Crippen molar-refractivity contribution in [2.75, 3.05) is 37.6 Å². The molecular weight excluding hydrogens is 299 g/mol. The topological polar surface area (TPSA) is 72.3 Å². The summed E-state index contributed by atoms with van der Waals surface area (Å²) in [5.74, 6) is 0.620. The highest BCUT2D eigenvalue weighted by atomic mass is 19.4. The van der Waals surface area contributed by atoms with Gasteiger partial charge < -0.3 is 15.1 Å². The quantitative estimate of drug-likeness (QED) is 0.894. The van der Waals surface area contributed by atoms with Crippen molar-refractivity contribution in [3.63, 3.8) is 0 Å². The summed E-state index contributed by atoms with van der Waals surface area (Å²) in [5.41, 5.74) is 0.482. The molecule has 1 N–H and O–H groups in total. The minimum Gasteiger partial charge on any atom is -0.353 e. The van der Waals surface area contributed by atoms with E-state index in [4.69, 9.17) is 5.26 Å². The number of hydrogen-bond donors (Lipinski definition) is 1. The summed E-state index contributed by atoms with van der Waals surface area (Å²) in [5, 5.41) is 10.7. The Morgan fingerprint density at radius 1 is 1.36 bits per heavy atom. The van der Waals surface area contributed by atoms with E-state index < -0.39 is 18.8 Å². The molecule has 22 heavy (non-hydrogen) atoms. The third kappa shape index (κ3) is 4.25. The van der Waals surface area contributed by atoms with Crippen LogP contribution in [0.5, 0.6) is 0 Å². The van der Waals surface area contributed by atoms with Crippen molar-refractivity contribution in [3.8, 4) is 6.07 Å². The molecule has 1 aliphatic heterocycles. The molecule has 0 aliphatic carbocycles. The number of alkyl halides is 3. The zero-order valence-corrected chi connectivity index (χ0v) is 11.6. The summed E-state index contributed by atoms with van der Waals surface area (Å²) in [6.07, 6.45) is -2.89. The van der Waals surface area contributed by atoms with E-state index >= 15 is 0 Å². The monoisotopic (exact) mass is 313 g/mol. The molecule has 0 spiro atoms. The largest absolute Gasteiger partial charge is 0.405 e. The Balaban J connectivity index is 1.87. The lowest BCUT2D eigenvalue weighted by Crippen LogP contribution is -2.53. The maximum atomic E-state index is 12.1. The van der Waals surface area contributed by atoms with Gasteiger partial charge in [0.1, 0.15) is 12.4 Å². The van der Waals surface area contributed by atoms with Crippen LogP contribution in [-0.4, -0.2) is 54.8 Å². The summed E-state index contributed by atoms with van der Waals surface area (Å²) < 4.78 is 36.2. The van der Waals surface area contributed by atoms with Gasteiger partial charge in [-0.25, -0.2) is 9.78 Å². The number of carbonyl (C=O) groups is 1. The fraction of sp³-hybridized carbons (Fsp3) is 0.462. The van der Waals surface area contributed by atoms with E-state index in [2.05, 4.69) is 4.98 Å². The Morgan fingerprint density at radius 2 is 2.05 bits per heavy atom. The Labute approximate surface area is 125 Å². The zero-order valence-electron chi connectivity index (χ0n) is 11.6. The highest BCUT2D eigenvalue weighted by molar-refractivity contribution is 5.74. The minimum absolute atomic E-state index is 0.294. The van der Waals surface area contributed by atoms with Gasteiger partial charge in [0.2, 0.25) is 0 Å². The smallest absolute Gasteiger partial charge is 0.353 e. The van der Waals surface area contributed by atoms with Crippen LogP contribution in [0, 0.1) is 11.3 Å². The van der Waals surface area contributed by atoms with E-state index in [1.165, 1.54) is 11.1 Å². The Kier molecular flexibility index (Phi) is 4.70. The fourth-order valence-electron chi connectivity index (χ4n) is 2.09. The number of nitriles is 1. The van der Waals surface area contributed by atoms with Crippen molar-refractivity contribution in [3.05, 3.63) is 23.9 Å². The van der Waals surface area contributed by atoms with Gasteiger partial charge in [0, 0.05) is 32.4 Å².